The molecule has 1 nitrogen and oxygen atoms in total. The molecule has 1 unspecified atom stereocenters. The summed E-state index contributed by atoms with van der Waals surface area (Å²) in [5.41, 5.74) is 2.53. The summed E-state index contributed by atoms with van der Waals surface area (Å²) in [5, 5.41) is 4.60. The van der Waals surface area contributed by atoms with Crippen molar-refractivity contribution in [1.29, 1.82) is 0 Å². The summed E-state index contributed by atoms with van der Waals surface area (Å²) < 4.78 is 0. The predicted molar refractivity (Wildman–Crippen MR) is 79.3 cm³/mol. The minimum Gasteiger partial charge on any atom is -0.314 e. The normalized spacial score (nSPS) is 16.8. The van der Waals surface area contributed by atoms with Gasteiger partial charge in [0.15, 0.2) is 0 Å². The largest absolute Gasteiger partial charge is 0.314 e. The van der Waals surface area contributed by atoms with Gasteiger partial charge in [-0.1, -0.05) is 43.5 Å². The van der Waals surface area contributed by atoms with Gasteiger partial charge in [-0.2, -0.15) is 0 Å². The van der Waals surface area contributed by atoms with Crippen LogP contribution in [0, 0.1) is 12.8 Å². The van der Waals surface area contributed by atoms with Crippen molar-refractivity contribution in [2.75, 3.05) is 6.54 Å². The van der Waals surface area contributed by atoms with Crippen LogP contribution in [0.1, 0.15) is 43.7 Å². The van der Waals surface area contributed by atoms with Crippen LogP contribution in [0.2, 0.25) is 5.02 Å². The zero-order chi connectivity index (χ0) is 13.0. The first-order valence-electron chi connectivity index (χ1n) is 7.17. The van der Waals surface area contributed by atoms with Gasteiger partial charge in [-0.3, -0.25) is 0 Å². The maximum absolute atomic E-state index is 6.33. The van der Waals surface area contributed by atoms with Gasteiger partial charge in [-0.25, -0.2) is 0 Å². The number of halogens is 1. The first-order valence-corrected chi connectivity index (χ1v) is 7.55. The third-order valence-corrected chi connectivity index (χ3v) is 4.02. The molecule has 18 heavy (non-hydrogen) atoms. The molecule has 0 amide bonds. The maximum atomic E-state index is 6.33. The van der Waals surface area contributed by atoms with Crippen LogP contribution in [0.5, 0.6) is 0 Å². The SMILES string of the molecule is CCCNC(Cc1ccc(C)cc1Cl)CC1CC1. The van der Waals surface area contributed by atoms with Crippen molar-refractivity contribution in [3.05, 3.63) is 34.3 Å². The molecule has 0 saturated heterocycles. The molecule has 1 fully saturated rings. The van der Waals surface area contributed by atoms with E-state index >= 15 is 0 Å². The van der Waals surface area contributed by atoms with Crippen molar-refractivity contribution in [2.45, 2.75) is 52.0 Å². The monoisotopic (exact) mass is 265 g/mol. The number of hydrogen-bond donors (Lipinski definition) is 1. The topological polar surface area (TPSA) is 12.0 Å². The molecule has 1 saturated carbocycles. The molecular weight excluding hydrogens is 242 g/mol. The first-order chi connectivity index (χ1) is 8.69. The third-order valence-electron chi connectivity index (χ3n) is 3.67. The van der Waals surface area contributed by atoms with Crippen molar-refractivity contribution in [1.82, 2.24) is 5.32 Å². The highest BCUT2D eigenvalue weighted by Crippen LogP contribution is 2.34. The molecule has 1 aliphatic rings. The summed E-state index contributed by atoms with van der Waals surface area (Å²) in [6, 6.07) is 7.02. The fourth-order valence-corrected chi connectivity index (χ4v) is 2.74. The number of benzene rings is 1. The van der Waals surface area contributed by atoms with E-state index in [-0.39, 0.29) is 0 Å². The summed E-state index contributed by atoms with van der Waals surface area (Å²) in [5.74, 6) is 0.962. The van der Waals surface area contributed by atoms with Gasteiger partial charge in [0, 0.05) is 11.1 Å². The fraction of sp³-hybridized carbons (Fsp3) is 0.625. The van der Waals surface area contributed by atoms with Crippen LogP contribution in [0.25, 0.3) is 0 Å². The molecule has 0 aliphatic heterocycles. The third kappa shape index (κ3) is 4.29. The summed E-state index contributed by atoms with van der Waals surface area (Å²) in [4.78, 5) is 0. The molecule has 0 spiro atoms. The van der Waals surface area contributed by atoms with Gasteiger partial charge < -0.3 is 5.32 Å². The minimum atomic E-state index is 0.595. The molecule has 1 aromatic carbocycles. The Kier molecular flexibility index (Phi) is 5.08. The van der Waals surface area contributed by atoms with Crippen LogP contribution in [0.15, 0.2) is 18.2 Å². The molecule has 0 aromatic heterocycles. The first kappa shape index (κ1) is 13.9. The molecular formula is C16H24ClN. The van der Waals surface area contributed by atoms with Gasteiger partial charge >= 0.3 is 0 Å². The highest BCUT2D eigenvalue weighted by atomic mass is 35.5. The predicted octanol–water partition coefficient (Wildman–Crippen LogP) is 4.36. The van der Waals surface area contributed by atoms with E-state index in [0.717, 1.165) is 23.9 Å². The van der Waals surface area contributed by atoms with Gasteiger partial charge in [-0.05, 0) is 55.8 Å². The van der Waals surface area contributed by atoms with Crippen LogP contribution < -0.4 is 5.32 Å². The van der Waals surface area contributed by atoms with Gasteiger partial charge in [0.2, 0.25) is 0 Å². The van der Waals surface area contributed by atoms with Crippen LogP contribution in [-0.2, 0) is 6.42 Å². The Labute approximate surface area is 116 Å². The van der Waals surface area contributed by atoms with E-state index in [9.17, 15) is 0 Å². The summed E-state index contributed by atoms with van der Waals surface area (Å²) in [6.45, 7) is 5.42. The van der Waals surface area contributed by atoms with Crippen molar-refractivity contribution in [2.24, 2.45) is 5.92 Å². The summed E-state index contributed by atoms with van der Waals surface area (Å²) in [7, 11) is 0. The highest BCUT2D eigenvalue weighted by Gasteiger charge is 2.25. The zero-order valence-electron chi connectivity index (χ0n) is 11.5. The van der Waals surface area contributed by atoms with E-state index < -0.39 is 0 Å². The molecule has 0 bridgehead atoms. The van der Waals surface area contributed by atoms with E-state index in [1.165, 1.54) is 36.8 Å². The Morgan fingerprint density at radius 3 is 2.78 bits per heavy atom. The quantitative estimate of drug-likeness (QED) is 0.772. The van der Waals surface area contributed by atoms with Crippen molar-refractivity contribution in [3.63, 3.8) is 0 Å². The van der Waals surface area contributed by atoms with Gasteiger partial charge in [-0.15, -0.1) is 0 Å². The fourth-order valence-electron chi connectivity index (χ4n) is 2.43. The van der Waals surface area contributed by atoms with E-state index in [1.807, 2.05) is 0 Å². The Hall–Kier alpha value is -0.530. The average Bonchev–Trinajstić information content (AvgIpc) is 3.13. The second-order valence-corrected chi connectivity index (χ2v) is 6.04. The van der Waals surface area contributed by atoms with Gasteiger partial charge in [0.25, 0.3) is 0 Å². The lowest BCUT2D eigenvalue weighted by molar-refractivity contribution is 0.455. The minimum absolute atomic E-state index is 0.595. The lowest BCUT2D eigenvalue weighted by Gasteiger charge is -2.19. The van der Waals surface area contributed by atoms with E-state index in [0.29, 0.717) is 6.04 Å². The molecule has 1 aliphatic carbocycles. The lowest BCUT2D eigenvalue weighted by atomic mass is 10.00. The van der Waals surface area contributed by atoms with E-state index in [4.69, 9.17) is 11.6 Å². The van der Waals surface area contributed by atoms with Crippen LogP contribution in [0.4, 0.5) is 0 Å². The van der Waals surface area contributed by atoms with Crippen LogP contribution in [0.3, 0.4) is 0 Å². The Morgan fingerprint density at radius 2 is 2.17 bits per heavy atom. The average molecular weight is 266 g/mol. The molecule has 100 valence electrons. The smallest absolute Gasteiger partial charge is 0.0441 e. The Balaban J connectivity index is 1.96. The zero-order valence-corrected chi connectivity index (χ0v) is 12.3. The van der Waals surface area contributed by atoms with E-state index in [2.05, 4.69) is 37.4 Å². The Bertz CT molecular complexity index is 385. The van der Waals surface area contributed by atoms with Gasteiger partial charge in [0.1, 0.15) is 0 Å². The molecule has 1 N–H and O–H groups in total. The van der Waals surface area contributed by atoms with Crippen molar-refractivity contribution in [3.8, 4) is 0 Å². The molecule has 1 atom stereocenters. The van der Waals surface area contributed by atoms with Crippen molar-refractivity contribution >= 4 is 11.6 Å². The van der Waals surface area contributed by atoms with Crippen LogP contribution >= 0.6 is 11.6 Å². The molecule has 0 heterocycles. The molecule has 0 radical (unpaired) electrons. The summed E-state index contributed by atoms with van der Waals surface area (Å²) in [6.07, 6.45) is 6.42. The lowest BCUT2D eigenvalue weighted by Crippen LogP contribution is -2.32. The second-order valence-electron chi connectivity index (χ2n) is 5.63. The maximum Gasteiger partial charge on any atom is 0.0441 e. The molecule has 1 aromatic rings. The van der Waals surface area contributed by atoms with Crippen molar-refractivity contribution < 1.29 is 0 Å². The number of hydrogen-bond acceptors (Lipinski definition) is 1. The standard InChI is InChI=1S/C16H24ClN/c1-3-8-18-15(10-13-5-6-13)11-14-7-4-12(2)9-16(14)17/h4,7,9,13,15,18H,3,5-6,8,10-11H2,1-2H3. The number of nitrogens with one attached hydrogen (secondary N) is 1. The number of rotatable bonds is 7. The summed E-state index contributed by atoms with van der Waals surface area (Å²) >= 11 is 6.33. The van der Waals surface area contributed by atoms with Crippen LogP contribution in [-0.4, -0.2) is 12.6 Å². The molecule has 2 rings (SSSR count). The number of aryl methyl sites for hydroxylation is 1. The Morgan fingerprint density at radius 1 is 1.39 bits per heavy atom. The highest BCUT2D eigenvalue weighted by molar-refractivity contribution is 6.31. The second kappa shape index (κ2) is 6.58. The molecule has 2 heteroatoms. The van der Waals surface area contributed by atoms with E-state index in [1.54, 1.807) is 0 Å². The van der Waals surface area contributed by atoms with Gasteiger partial charge in [0.05, 0.1) is 0 Å².